The average Bonchev–Trinajstić information content (AvgIpc) is 3.19. The van der Waals surface area contributed by atoms with E-state index in [4.69, 9.17) is 11.6 Å². The highest BCUT2D eigenvalue weighted by atomic mass is 35.5. The van der Waals surface area contributed by atoms with Crippen LogP contribution in [-0.2, 0) is 18.5 Å². The fourth-order valence-corrected chi connectivity index (χ4v) is 9.15. The quantitative estimate of drug-likeness (QED) is 0.254. The van der Waals surface area contributed by atoms with Crippen LogP contribution in [0.15, 0.2) is 66.7 Å². The molecule has 1 aromatic heterocycles. The number of fused-ring (bicyclic) bond motifs is 3. The number of nitrogens with one attached hydrogen (secondary N) is 1. The molecule has 0 spiro atoms. The lowest BCUT2D eigenvalue weighted by molar-refractivity contribution is -0.0757. The predicted molar refractivity (Wildman–Crippen MR) is 152 cm³/mol. The van der Waals surface area contributed by atoms with E-state index in [-0.39, 0.29) is 0 Å². The van der Waals surface area contributed by atoms with Crippen molar-refractivity contribution in [2.75, 3.05) is 6.54 Å². The van der Waals surface area contributed by atoms with Crippen LogP contribution < -0.4 is 5.32 Å². The summed E-state index contributed by atoms with van der Waals surface area (Å²) in [6.45, 7) is 5.31. The number of aryl methyl sites for hydroxylation is 1. The second-order valence-corrected chi connectivity index (χ2v) is 12.7. The van der Waals surface area contributed by atoms with Gasteiger partial charge in [-0.2, -0.15) is 0 Å². The van der Waals surface area contributed by atoms with Gasteiger partial charge < -0.3 is 9.88 Å². The van der Waals surface area contributed by atoms with Gasteiger partial charge in [0.05, 0.1) is 0 Å². The third-order valence-corrected chi connectivity index (χ3v) is 10.2. The molecule has 4 saturated carbocycles. The van der Waals surface area contributed by atoms with Gasteiger partial charge in [-0.1, -0.05) is 48.0 Å². The number of benzene rings is 3. The van der Waals surface area contributed by atoms with E-state index < -0.39 is 0 Å². The maximum absolute atomic E-state index is 6.24. The van der Waals surface area contributed by atoms with Crippen LogP contribution in [0.3, 0.4) is 0 Å². The van der Waals surface area contributed by atoms with Gasteiger partial charge in [0.2, 0.25) is 0 Å². The fraction of sp³-hybridized carbons (Fsp3) is 0.455. The van der Waals surface area contributed by atoms with Crippen LogP contribution in [0.1, 0.15) is 63.0 Å². The maximum atomic E-state index is 6.24. The SMILES string of the molecule is CCn1c2ccccc2c2cc(CNCCC34CC5CC(C3)CC(c3ccc(Cl)cc3)(C5)C4)ccc21. The highest BCUT2D eigenvalue weighted by molar-refractivity contribution is 6.30. The average molecular weight is 497 g/mol. The molecule has 4 aliphatic carbocycles. The summed E-state index contributed by atoms with van der Waals surface area (Å²) in [5.41, 5.74) is 6.56. The third kappa shape index (κ3) is 3.72. The van der Waals surface area contributed by atoms with Crippen molar-refractivity contribution in [3.8, 4) is 0 Å². The highest BCUT2D eigenvalue weighted by Crippen LogP contribution is 2.66. The monoisotopic (exact) mass is 496 g/mol. The minimum absolute atomic E-state index is 0.396. The van der Waals surface area contributed by atoms with E-state index in [9.17, 15) is 0 Å². The summed E-state index contributed by atoms with van der Waals surface area (Å²) < 4.78 is 2.44. The first-order valence-electron chi connectivity index (χ1n) is 14.0. The zero-order valence-electron chi connectivity index (χ0n) is 21.4. The molecule has 8 rings (SSSR count). The van der Waals surface area contributed by atoms with Gasteiger partial charge in [0, 0.05) is 39.9 Å². The highest BCUT2D eigenvalue weighted by Gasteiger charge is 2.57. The lowest BCUT2D eigenvalue weighted by Gasteiger charge is -2.63. The Hall–Kier alpha value is -2.29. The number of halogens is 1. The number of rotatable bonds is 7. The zero-order valence-corrected chi connectivity index (χ0v) is 22.2. The van der Waals surface area contributed by atoms with Gasteiger partial charge in [-0.25, -0.2) is 0 Å². The van der Waals surface area contributed by atoms with Crippen molar-refractivity contribution in [1.29, 1.82) is 0 Å². The van der Waals surface area contributed by atoms with Crippen molar-refractivity contribution in [3.05, 3.63) is 82.9 Å². The van der Waals surface area contributed by atoms with Gasteiger partial charge in [-0.05, 0) is 123 Å². The van der Waals surface area contributed by atoms with Crippen molar-refractivity contribution in [2.24, 2.45) is 17.3 Å². The molecule has 3 heteroatoms. The Balaban J connectivity index is 1.06. The summed E-state index contributed by atoms with van der Waals surface area (Å²) in [6.07, 6.45) is 9.84. The fourth-order valence-electron chi connectivity index (χ4n) is 9.02. The summed E-state index contributed by atoms with van der Waals surface area (Å²) >= 11 is 6.24. The number of nitrogens with zero attached hydrogens (tertiary/aromatic N) is 1. The minimum atomic E-state index is 0.396. The van der Waals surface area contributed by atoms with E-state index in [0.717, 1.165) is 36.5 Å². The van der Waals surface area contributed by atoms with Crippen LogP contribution in [0.25, 0.3) is 21.8 Å². The lowest BCUT2D eigenvalue weighted by atomic mass is 9.42. The molecule has 3 aromatic carbocycles. The first-order valence-corrected chi connectivity index (χ1v) is 14.4. The Kier molecular flexibility index (Phi) is 5.49. The molecule has 36 heavy (non-hydrogen) atoms. The third-order valence-electron chi connectivity index (χ3n) is 9.95. The number of aromatic nitrogens is 1. The van der Waals surface area contributed by atoms with Crippen LogP contribution in [0.5, 0.6) is 0 Å². The molecule has 1 heterocycles. The first kappa shape index (κ1) is 22.9. The number of para-hydroxylation sites is 1. The van der Waals surface area contributed by atoms with E-state index in [1.54, 1.807) is 5.56 Å². The summed E-state index contributed by atoms with van der Waals surface area (Å²) in [4.78, 5) is 0. The molecule has 4 bridgehead atoms. The lowest BCUT2D eigenvalue weighted by Crippen LogP contribution is -2.54. The molecule has 2 atom stereocenters. The largest absolute Gasteiger partial charge is 0.341 e. The summed E-state index contributed by atoms with van der Waals surface area (Å²) in [7, 11) is 0. The predicted octanol–water partition coefficient (Wildman–Crippen LogP) is 8.49. The summed E-state index contributed by atoms with van der Waals surface area (Å²) in [5, 5.41) is 7.47. The van der Waals surface area contributed by atoms with Crippen LogP contribution >= 0.6 is 11.6 Å². The molecule has 4 aromatic rings. The Labute approximate surface area is 220 Å². The van der Waals surface area contributed by atoms with E-state index in [0.29, 0.717) is 10.8 Å². The molecule has 0 saturated heterocycles. The van der Waals surface area contributed by atoms with Crippen molar-refractivity contribution in [1.82, 2.24) is 9.88 Å². The van der Waals surface area contributed by atoms with E-state index in [1.807, 2.05) is 0 Å². The van der Waals surface area contributed by atoms with Crippen molar-refractivity contribution >= 4 is 33.4 Å². The Morgan fingerprint density at radius 1 is 0.889 bits per heavy atom. The maximum Gasteiger partial charge on any atom is 0.0491 e. The zero-order chi connectivity index (χ0) is 24.3. The van der Waals surface area contributed by atoms with Crippen LogP contribution in [0.4, 0.5) is 0 Å². The number of hydrogen-bond acceptors (Lipinski definition) is 1. The normalized spacial score (nSPS) is 28.9. The molecule has 0 amide bonds. The molecule has 4 aliphatic rings. The smallest absolute Gasteiger partial charge is 0.0491 e. The van der Waals surface area contributed by atoms with Crippen LogP contribution in [0, 0.1) is 17.3 Å². The molecule has 1 N–H and O–H groups in total. The van der Waals surface area contributed by atoms with E-state index in [1.165, 1.54) is 72.3 Å². The molecule has 0 aliphatic heterocycles. The first-order chi connectivity index (χ1) is 17.6. The molecular formula is C33H37ClN2. The Bertz CT molecular complexity index is 1400. The van der Waals surface area contributed by atoms with Gasteiger partial charge in [-0.3, -0.25) is 0 Å². The second kappa shape index (κ2) is 8.64. The summed E-state index contributed by atoms with van der Waals surface area (Å²) in [6, 6.07) is 24.8. The summed E-state index contributed by atoms with van der Waals surface area (Å²) in [5.74, 6) is 1.83. The van der Waals surface area contributed by atoms with Crippen LogP contribution in [0.2, 0.25) is 5.02 Å². The van der Waals surface area contributed by atoms with Gasteiger partial charge in [0.15, 0.2) is 0 Å². The van der Waals surface area contributed by atoms with Crippen molar-refractivity contribution in [2.45, 2.75) is 70.4 Å². The van der Waals surface area contributed by atoms with E-state index >= 15 is 0 Å². The standard InChI is InChI=1S/C33H37ClN2/c1-2-36-30-6-4-3-5-28(30)29-16-23(7-12-31(29)36)21-35-14-13-32-17-24-15-25(18-32)20-33(19-24,22-32)26-8-10-27(34)11-9-26/h3-12,16,24-25,35H,2,13-15,17-22H2,1H3. The number of hydrogen-bond donors (Lipinski definition) is 1. The van der Waals surface area contributed by atoms with Gasteiger partial charge >= 0.3 is 0 Å². The second-order valence-electron chi connectivity index (χ2n) is 12.3. The molecule has 186 valence electrons. The molecule has 2 unspecified atom stereocenters. The molecule has 4 fully saturated rings. The molecule has 0 radical (unpaired) electrons. The molecular weight excluding hydrogens is 460 g/mol. The van der Waals surface area contributed by atoms with Gasteiger partial charge in [0.25, 0.3) is 0 Å². The van der Waals surface area contributed by atoms with Gasteiger partial charge in [0.1, 0.15) is 0 Å². The van der Waals surface area contributed by atoms with E-state index in [2.05, 4.69) is 83.5 Å². The topological polar surface area (TPSA) is 17.0 Å². The molecule has 2 nitrogen and oxygen atoms in total. The minimum Gasteiger partial charge on any atom is -0.341 e. The van der Waals surface area contributed by atoms with Crippen molar-refractivity contribution in [3.63, 3.8) is 0 Å². The Morgan fingerprint density at radius 3 is 2.42 bits per heavy atom. The van der Waals surface area contributed by atoms with Gasteiger partial charge in [-0.15, -0.1) is 0 Å². The van der Waals surface area contributed by atoms with Crippen molar-refractivity contribution < 1.29 is 0 Å². The van der Waals surface area contributed by atoms with Crippen LogP contribution in [-0.4, -0.2) is 11.1 Å². The Morgan fingerprint density at radius 2 is 1.64 bits per heavy atom.